The molecule has 0 bridgehead atoms. The number of carbonyl (C=O) groups excluding carboxylic acids is 2. The van der Waals surface area contributed by atoms with Crippen molar-refractivity contribution in [3.63, 3.8) is 0 Å². The molecule has 1 heterocycles. The van der Waals surface area contributed by atoms with Crippen molar-refractivity contribution in [1.82, 2.24) is 10.2 Å². The molecule has 2 aromatic rings. The van der Waals surface area contributed by atoms with Gasteiger partial charge in [-0.2, -0.15) is 0 Å². The van der Waals surface area contributed by atoms with Crippen LogP contribution in [0.3, 0.4) is 0 Å². The Morgan fingerprint density at radius 2 is 1.84 bits per heavy atom. The van der Waals surface area contributed by atoms with Crippen molar-refractivity contribution < 1.29 is 19.1 Å². The monoisotopic (exact) mass is 456 g/mol. The summed E-state index contributed by atoms with van der Waals surface area (Å²) in [5.74, 6) is 0.863. The van der Waals surface area contributed by atoms with Crippen LogP contribution in [0.1, 0.15) is 42.6 Å². The van der Waals surface area contributed by atoms with Crippen LogP contribution in [0.25, 0.3) is 6.08 Å². The molecule has 1 aliphatic rings. The minimum atomic E-state index is -0.0778. The number of methoxy groups -OCH3 is 1. The van der Waals surface area contributed by atoms with Crippen molar-refractivity contribution in [3.05, 3.63) is 64.7 Å². The third kappa shape index (κ3) is 6.26. The highest BCUT2D eigenvalue weighted by Crippen LogP contribution is 2.37. The standard InChI is InChI=1S/C25H29ClN2O4/c1-17(2)32-24-21(26)15-18(16-22(24)31-3)9-10-23(29)28-13-11-20(12-14-28)27-25(30)19-7-5-4-6-8-19/h4-10,15-17,20H,11-14H2,1-3H3,(H,27,30)/b10-9+. The Morgan fingerprint density at radius 3 is 2.47 bits per heavy atom. The summed E-state index contributed by atoms with van der Waals surface area (Å²) in [5, 5.41) is 3.49. The van der Waals surface area contributed by atoms with Gasteiger partial charge in [-0.3, -0.25) is 9.59 Å². The van der Waals surface area contributed by atoms with Gasteiger partial charge in [0, 0.05) is 30.8 Å². The number of halogens is 1. The Morgan fingerprint density at radius 1 is 1.16 bits per heavy atom. The molecular weight excluding hydrogens is 428 g/mol. The predicted molar refractivity (Wildman–Crippen MR) is 126 cm³/mol. The van der Waals surface area contributed by atoms with Crippen LogP contribution in [0.15, 0.2) is 48.5 Å². The first kappa shape index (κ1) is 23.7. The van der Waals surface area contributed by atoms with Crippen LogP contribution < -0.4 is 14.8 Å². The number of amides is 2. The maximum atomic E-state index is 12.6. The quantitative estimate of drug-likeness (QED) is 0.620. The maximum Gasteiger partial charge on any atom is 0.251 e. The molecule has 170 valence electrons. The summed E-state index contributed by atoms with van der Waals surface area (Å²) in [6.07, 6.45) is 4.67. The van der Waals surface area contributed by atoms with E-state index in [2.05, 4.69) is 5.32 Å². The average molecular weight is 457 g/mol. The Hall–Kier alpha value is -2.99. The highest BCUT2D eigenvalue weighted by molar-refractivity contribution is 6.32. The van der Waals surface area contributed by atoms with Crippen LogP contribution in [0.4, 0.5) is 0 Å². The summed E-state index contributed by atoms with van der Waals surface area (Å²) in [4.78, 5) is 26.7. The second-order valence-electron chi connectivity index (χ2n) is 7.97. The first-order valence-corrected chi connectivity index (χ1v) is 11.1. The number of benzene rings is 2. The molecule has 0 aromatic heterocycles. The lowest BCUT2D eigenvalue weighted by atomic mass is 10.0. The second-order valence-corrected chi connectivity index (χ2v) is 8.38. The molecule has 2 aromatic carbocycles. The molecule has 1 N–H and O–H groups in total. The summed E-state index contributed by atoms with van der Waals surface area (Å²) < 4.78 is 11.1. The van der Waals surface area contributed by atoms with Crippen molar-refractivity contribution in [2.45, 2.75) is 38.8 Å². The van der Waals surface area contributed by atoms with Crippen LogP contribution in [0.5, 0.6) is 11.5 Å². The van der Waals surface area contributed by atoms with E-state index in [4.69, 9.17) is 21.1 Å². The molecule has 0 saturated carbocycles. The summed E-state index contributed by atoms with van der Waals surface area (Å²) in [6, 6.07) is 12.8. The van der Waals surface area contributed by atoms with Crippen LogP contribution in [0.2, 0.25) is 5.02 Å². The van der Waals surface area contributed by atoms with E-state index in [0.29, 0.717) is 35.2 Å². The lowest BCUT2D eigenvalue weighted by Crippen LogP contribution is -2.46. The fourth-order valence-corrected chi connectivity index (χ4v) is 3.83. The maximum absolute atomic E-state index is 12.6. The predicted octanol–water partition coefficient (Wildman–Crippen LogP) is 4.57. The van der Waals surface area contributed by atoms with Crippen LogP contribution >= 0.6 is 11.6 Å². The SMILES string of the molecule is COc1cc(/C=C/C(=O)N2CCC(NC(=O)c3ccccc3)CC2)cc(Cl)c1OC(C)C. The van der Waals surface area contributed by atoms with Gasteiger partial charge >= 0.3 is 0 Å². The van der Waals surface area contributed by atoms with Crippen molar-refractivity contribution in [2.24, 2.45) is 0 Å². The summed E-state index contributed by atoms with van der Waals surface area (Å²) in [6.45, 7) is 5.01. The Bertz CT molecular complexity index is 967. The fraction of sp³-hybridized carbons (Fsp3) is 0.360. The smallest absolute Gasteiger partial charge is 0.251 e. The van der Waals surface area contributed by atoms with Crippen LogP contribution in [0, 0.1) is 0 Å². The second kappa shape index (κ2) is 11.0. The molecule has 0 radical (unpaired) electrons. The number of nitrogens with zero attached hydrogens (tertiary/aromatic N) is 1. The molecule has 0 aliphatic carbocycles. The first-order chi connectivity index (χ1) is 15.4. The minimum Gasteiger partial charge on any atom is -0.493 e. The number of rotatable bonds is 7. The molecule has 1 saturated heterocycles. The van der Waals surface area contributed by atoms with Crippen molar-refractivity contribution in [3.8, 4) is 11.5 Å². The van der Waals surface area contributed by atoms with Gasteiger partial charge in [0.1, 0.15) is 0 Å². The normalized spacial score (nSPS) is 14.6. The number of nitrogens with one attached hydrogen (secondary N) is 1. The summed E-state index contributed by atoms with van der Waals surface area (Å²) in [7, 11) is 1.55. The van der Waals surface area contributed by atoms with Crippen LogP contribution in [-0.4, -0.2) is 49.1 Å². The molecule has 0 unspecified atom stereocenters. The van der Waals surface area contributed by atoms with Gasteiger partial charge in [0.2, 0.25) is 5.91 Å². The highest BCUT2D eigenvalue weighted by atomic mass is 35.5. The molecule has 1 aliphatic heterocycles. The number of carbonyl (C=O) groups is 2. The third-order valence-electron chi connectivity index (χ3n) is 5.20. The van der Waals surface area contributed by atoms with E-state index in [1.165, 1.54) is 6.08 Å². The first-order valence-electron chi connectivity index (χ1n) is 10.7. The lowest BCUT2D eigenvalue weighted by molar-refractivity contribution is -0.126. The van der Waals surface area contributed by atoms with E-state index < -0.39 is 0 Å². The molecule has 3 rings (SSSR count). The van der Waals surface area contributed by atoms with Crippen molar-refractivity contribution in [1.29, 1.82) is 0 Å². The van der Waals surface area contributed by atoms with Gasteiger partial charge < -0.3 is 19.7 Å². The van der Waals surface area contributed by atoms with Gasteiger partial charge in [-0.1, -0.05) is 29.8 Å². The average Bonchev–Trinajstić information content (AvgIpc) is 2.79. The number of hydrogen-bond donors (Lipinski definition) is 1. The molecule has 2 amide bonds. The number of hydrogen-bond acceptors (Lipinski definition) is 4. The zero-order valence-electron chi connectivity index (χ0n) is 18.6. The number of ether oxygens (including phenoxy) is 2. The van der Waals surface area contributed by atoms with Gasteiger partial charge in [0.15, 0.2) is 11.5 Å². The van der Waals surface area contributed by atoms with Crippen LogP contribution in [-0.2, 0) is 4.79 Å². The van der Waals surface area contributed by atoms with Gasteiger partial charge in [-0.15, -0.1) is 0 Å². The van der Waals surface area contributed by atoms with E-state index in [0.717, 1.165) is 18.4 Å². The Kier molecular flexibility index (Phi) is 8.17. The minimum absolute atomic E-state index is 0.0372. The lowest BCUT2D eigenvalue weighted by Gasteiger charge is -2.31. The summed E-state index contributed by atoms with van der Waals surface area (Å²) >= 11 is 6.35. The van der Waals surface area contributed by atoms with E-state index in [1.807, 2.05) is 32.0 Å². The number of likely N-dealkylation sites (tertiary alicyclic amines) is 1. The molecule has 0 spiro atoms. The van der Waals surface area contributed by atoms with E-state index in [-0.39, 0.29) is 24.0 Å². The number of piperidine rings is 1. The molecule has 1 fully saturated rings. The topological polar surface area (TPSA) is 67.9 Å². The molecule has 6 nitrogen and oxygen atoms in total. The zero-order valence-corrected chi connectivity index (χ0v) is 19.4. The van der Waals surface area contributed by atoms with Crippen molar-refractivity contribution in [2.75, 3.05) is 20.2 Å². The Labute approximate surface area is 194 Å². The molecular formula is C25H29ClN2O4. The van der Waals surface area contributed by atoms with Gasteiger partial charge in [0.05, 0.1) is 18.2 Å². The fourth-order valence-electron chi connectivity index (χ4n) is 3.56. The van der Waals surface area contributed by atoms with Gasteiger partial charge in [-0.25, -0.2) is 0 Å². The Balaban J connectivity index is 1.55. The molecule has 7 heteroatoms. The van der Waals surface area contributed by atoms with Gasteiger partial charge in [0.25, 0.3) is 5.91 Å². The summed E-state index contributed by atoms with van der Waals surface area (Å²) in [5.41, 5.74) is 1.40. The molecule has 32 heavy (non-hydrogen) atoms. The van der Waals surface area contributed by atoms with E-state index in [9.17, 15) is 9.59 Å². The molecule has 0 atom stereocenters. The highest BCUT2D eigenvalue weighted by Gasteiger charge is 2.23. The zero-order chi connectivity index (χ0) is 23.1. The van der Waals surface area contributed by atoms with Crippen molar-refractivity contribution >= 4 is 29.5 Å². The third-order valence-corrected chi connectivity index (χ3v) is 5.48. The van der Waals surface area contributed by atoms with E-state index in [1.54, 1.807) is 42.4 Å². The largest absolute Gasteiger partial charge is 0.493 e. The van der Waals surface area contributed by atoms with E-state index >= 15 is 0 Å². The van der Waals surface area contributed by atoms with Gasteiger partial charge in [-0.05, 0) is 62.6 Å².